The molecular weight excluding hydrogens is 556 g/mol. The van der Waals surface area contributed by atoms with Crippen molar-refractivity contribution in [1.82, 2.24) is 4.90 Å². The number of hydrogen-bond donors (Lipinski definition) is 1. The minimum Gasteiger partial charge on any atom is -0.442 e. The van der Waals surface area contributed by atoms with Crippen molar-refractivity contribution < 1.29 is 28.5 Å². The number of nitrogens with one attached hydrogen (secondary N) is 1. The van der Waals surface area contributed by atoms with E-state index in [1.165, 1.54) is 57.8 Å². The Morgan fingerprint density at radius 1 is 0.952 bits per heavy atom. The maximum absolute atomic E-state index is 13.0. The molecule has 3 heterocycles. The molecule has 1 N–H and O–H groups in total. The lowest BCUT2D eigenvalue weighted by Gasteiger charge is -2.34. The van der Waals surface area contributed by atoms with Crippen molar-refractivity contribution in [3.05, 3.63) is 29.3 Å². The van der Waals surface area contributed by atoms with Crippen LogP contribution in [0.25, 0.3) is 0 Å². The van der Waals surface area contributed by atoms with Gasteiger partial charge in [-0.25, -0.2) is 4.79 Å². The highest BCUT2D eigenvalue weighted by Gasteiger charge is 2.58. The molecule has 0 aromatic heterocycles. The number of halogens is 1. The Hall–Kier alpha value is -1.42. The average molecular weight is 609 g/mol. The van der Waals surface area contributed by atoms with Crippen LogP contribution < -0.4 is 5.32 Å². The van der Waals surface area contributed by atoms with Gasteiger partial charge in [0.2, 0.25) is 0 Å². The zero-order valence-electron chi connectivity index (χ0n) is 26.0. The largest absolute Gasteiger partial charge is 0.442 e. The maximum atomic E-state index is 13.0. The third-order valence-corrected chi connectivity index (χ3v) is 8.68. The molecule has 3 aliphatic rings. The molecular formula is C33H53ClN2O6. The number of benzene rings is 1. The van der Waals surface area contributed by atoms with Crippen LogP contribution in [0.4, 0.5) is 10.5 Å². The second-order valence-corrected chi connectivity index (χ2v) is 13.0. The van der Waals surface area contributed by atoms with Crippen LogP contribution in [-0.2, 0) is 23.7 Å². The van der Waals surface area contributed by atoms with Crippen LogP contribution in [0.5, 0.6) is 0 Å². The highest BCUT2D eigenvalue weighted by Crippen LogP contribution is 2.41. The van der Waals surface area contributed by atoms with Crippen LogP contribution in [0.3, 0.4) is 0 Å². The van der Waals surface area contributed by atoms with Crippen LogP contribution >= 0.6 is 11.6 Å². The number of piperidine rings is 1. The molecule has 8 nitrogen and oxygen atoms in total. The van der Waals surface area contributed by atoms with Crippen LogP contribution in [0, 0.1) is 0 Å². The predicted octanol–water partition coefficient (Wildman–Crippen LogP) is 7.93. The van der Waals surface area contributed by atoms with E-state index in [1.807, 2.05) is 13.8 Å². The van der Waals surface area contributed by atoms with Gasteiger partial charge >= 0.3 is 6.09 Å². The molecule has 1 amide bonds. The summed E-state index contributed by atoms with van der Waals surface area (Å²) < 4.78 is 31.4. The standard InChI is InChI=1S/C33H53ClN2O6/c1-4-5-6-7-8-9-10-11-12-16-23-38-31-30-29(41-33(2,3)42-30)28(40-31)27(24-36-21-14-13-15-22-36)39-32(37)35-26-19-17-25(34)18-20-26/h17-20,27-31H,4-16,21-24H2,1-3H3,(H,35,37)/t27-,28-,29+,30+,31+/m1/s1. The second kappa shape index (κ2) is 17.2. The van der Waals surface area contributed by atoms with Crippen LogP contribution in [0.2, 0.25) is 5.02 Å². The van der Waals surface area contributed by atoms with Crippen molar-refractivity contribution >= 4 is 23.4 Å². The lowest BCUT2D eigenvalue weighted by atomic mass is 10.0. The van der Waals surface area contributed by atoms with Gasteiger partial charge in [-0.3, -0.25) is 10.2 Å². The first-order chi connectivity index (χ1) is 20.3. The minimum atomic E-state index is -0.767. The van der Waals surface area contributed by atoms with Gasteiger partial charge in [-0.2, -0.15) is 0 Å². The Balaban J connectivity index is 1.31. The summed E-state index contributed by atoms with van der Waals surface area (Å²) >= 11 is 6.00. The smallest absolute Gasteiger partial charge is 0.412 e. The van der Waals surface area contributed by atoms with E-state index in [1.54, 1.807) is 24.3 Å². The van der Waals surface area contributed by atoms with E-state index in [9.17, 15) is 4.79 Å². The molecule has 238 valence electrons. The Morgan fingerprint density at radius 2 is 1.57 bits per heavy atom. The van der Waals surface area contributed by atoms with Crippen LogP contribution in [0.1, 0.15) is 104 Å². The number of carbonyl (C=O) groups is 1. The predicted molar refractivity (Wildman–Crippen MR) is 166 cm³/mol. The zero-order valence-corrected chi connectivity index (χ0v) is 26.7. The SMILES string of the molecule is CCCCCCCCCCCCO[C@H]1O[C@H]([C@@H](CN2CCCCC2)OC(=O)Nc2ccc(Cl)cc2)[C@@H]2OC(C)(C)O[C@H]12. The molecule has 3 fully saturated rings. The van der Waals surface area contributed by atoms with Crippen molar-refractivity contribution in [3.8, 4) is 0 Å². The van der Waals surface area contributed by atoms with Gasteiger partial charge in [-0.1, -0.05) is 82.7 Å². The van der Waals surface area contributed by atoms with Crippen LogP contribution in [0.15, 0.2) is 24.3 Å². The number of amides is 1. The molecule has 0 bridgehead atoms. The average Bonchev–Trinajstić information content (AvgIpc) is 3.46. The molecule has 0 radical (unpaired) electrons. The summed E-state index contributed by atoms with van der Waals surface area (Å²) in [6.45, 7) is 9.20. The van der Waals surface area contributed by atoms with Crippen molar-refractivity contribution in [3.63, 3.8) is 0 Å². The second-order valence-electron chi connectivity index (χ2n) is 12.5. The molecule has 1 aromatic carbocycles. The van der Waals surface area contributed by atoms with E-state index in [2.05, 4.69) is 17.1 Å². The third-order valence-electron chi connectivity index (χ3n) is 8.43. The van der Waals surface area contributed by atoms with Gasteiger partial charge in [-0.05, 0) is 70.5 Å². The van der Waals surface area contributed by atoms with E-state index in [0.29, 0.717) is 23.9 Å². The molecule has 5 atom stereocenters. The molecule has 4 rings (SSSR count). The van der Waals surface area contributed by atoms with Crippen molar-refractivity contribution in [2.24, 2.45) is 0 Å². The fraction of sp³-hybridized carbons (Fsp3) is 0.788. The molecule has 0 aliphatic carbocycles. The van der Waals surface area contributed by atoms with Gasteiger partial charge in [0.05, 0.1) is 0 Å². The number of likely N-dealkylation sites (tertiary alicyclic amines) is 1. The molecule has 1 aromatic rings. The van der Waals surface area contributed by atoms with E-state index >= 15 is 0 Å². The molecule has 9 heteroatoms. The van der Waals surface area contributed by atoms with Gasteiger partial charge in [0.15, 0.2) is 12.1 Å². The maximum Gasteiger partial charge on any atom is 0.412 e. The number of nitrogens with zero attached hydrogens (tertiary/aromatic N) is 1. The number of unbranched alkanes of at least 4 members (excludes halogenated alkanes) is 9. The third kappa shape index (κ3) is 10.6. The zero-order chi connectivity index (χ0) is 29.8. The number of carbonyl (C=O) groups excluding carboxylic acids is 1. The highest BCUT2D eigenvalue weighted by atomic mass is 35.5. The summed E-state index contributed by atoms with van der Waals surface area (Å²) in [4.78, 5) is 15.4. The van der Waals surface area contributed by atoms with Crippen molar-refractivity contribution in [2.45, 2.75) is 141 Å². The lowest BCUT2D eigenvalue weighted by Crippen LogP contribution is -2.49. The summed E-state index contributed by atoms with van der Waals surface area (Å²) in [6, 6.07) is 6.96. The normalized spacial score (nSPS) is 26.2. The molecule has 3 aliphatic heterocycles. The quantitative estimate of drug-likeness (QED) is 0.180. The summed E-state index contributed by atoms with van der Waals surface area (Å²) in [5.74, 6) is -0.767. The van der Waals surface area contributed by atoms with Gasteiger partial charge in [0, 0.05) is 23.9 Å². The highest BCUT2D eigenvalue weighted by molar-refractivity contribution is 6.30. The van der Waals surface area contributed by atoms with E-state index in [0.717, 1.165) is 38.8 Å². The Labute approximate surface area is 258 Å². The Bertz CT molecular complexity index is 926. The van der Waals surface area contributed by atoms with E-state index in [-0.39, 0.29) is 6.10 Å². The molecule has 0 unspecified atom stereocenters. The number of ether oxygens (including phenoxy) is 5. The first-order valence-corrected chi connectivity index (χ1v) is 16.8. The number of rotatable bonds is 17. The van der Waals surface area contributed by atoms with E-state index in [4.69, 9.17) is 35.3 Å². The van der Waals surface area contributed by atoms with Crippen LogP contribution in [-0.4, -0.2) is 73.7 Å². The first-order valence-electron chi connectivity index (χ1n) is 16.4. The fourth-order valence-electron chi connectivity index (χ4n) is 6.24. The van der Waals surface area contributed by atoms with Gasteiger partial charge in [0.25, 0.3) is 0 Å². The molecule has 3 saturated heterocycles. The number of anilines is 1. The Morgan fingerprint density at radius 3 is 2.24 bits per heavy atom. The van der Waals surface area contributed by atoms with Gasteiger partial charge in [0.1, 0.15) is 24.4 Å². The monoisotopic (exact) mass is 608 g/mol. The molecule has 0 spiro atoms. The minimum absolute atomic E-state index is 0.375. The number of fused-ring (bicyclic) bond motifs is 1. The fourth-order valence-corrected chi connectivity index (χ4v) is 6.36. The lowest BCUT2D eigenvalue weighted by molar-refractivity contribution is -0.243. The molecule has 0 saturated carbocycles. The summed E-state index contributed by atoms with van der Waals surface area (Å²) in [6.07, 6.45) is 13.3. The number of hydrogen-bond acceptors (Lipinski definition) is 7. The summed E-state index contributed by atoms with van der Waals surface area (Å²) in [5.41, 5.74) is 0.616. The summed E-state index contributed by atoms with van der Waals surface area (Å²) in [7, 11) is 0. The van der Waals surface area contributed by atoms with Gasteiger partial charge < -0.3 is 23.7 Å². The Kier molecular flexibility index (Phi) is 13.7. The molecule has 42 heavy (non-hydrogen) atoms. The summed E-state index contributed by atoms with van der Waals surface area (Å²) in [5, 5.41) is 3.43. The topological polar surface area (TPSA) is 78.5 Å². The first kappa shape index (κ1) is 33.5. The van der Waals surface area contributed by atoms with Gasteiger partial charge in [-0.15, -0.1) is 0 Å². The van der Waals surface area contributed by atoms with E-state index < -0.39 is 36.5 Å². The van der Waals surface area contributed by atoms with Crippen molar-refractivity contribution in [2.75, 3.05) is 31.6 Å². The van der Waals surface area contributed by atoms with Crippen molar-refractivity contribution in [1.29, 1.82) is 0 Å².